The molecule has 15 heavy (non-hydrogen) atoms. The highest BCUT2D eigenvalue weighted by molar-refractivity contribution is 7.91. The molecule has 86 valence electrons. The average Bonchev–Trinajstić information content (AvgIpc) is 2.14. The predicted molar refractivity (Wildman–Crippen MR) is 57.4 cm³/mol. The number of carbonyl (C=O) groups is 1. The van der Waals surface area contributed by atoms with E-state index >= 15 is 0 Å². The summed E-state index contributed by atoms with van der Waals surface area (Å²) in [5.74, 6) is 0.130. The summed E-state index contributed by atoms with van der Waals surface area (Å²) in [6, 6.07) is 0. The van der Waals surface area contributed by atoms with Gasteiger partial charge in [-0.25, -0.2) is 8.42 Å². The highest BCUT2D eigenvalue weighted by Gasteiger charge is 2.22. The monoisotopic (exact) mass is 232 g/mol. The van der Waals surface area contributed by atoms with Crippen LogP contribution >= 0.6 is 0 Å². The van der Waals surface area contributed by atoms with E-state index in [2.05, 4.69) is 0 Å². The van der Waals surface area contributed by atoms with E-state index in [9.17, 15) is 13.2 Å². The van der Waals surface area contributed by atoms with Crippen molar-refractivity contribution in [1.82, 2.24) is 0 Å². The fourth-order valence-electron chi connectivity index (χ4n) is 1.65. The van der Waals surface area contributed by atoms with Crippen LogP contribution in [-0.4, -0.2) is 31.0 Å². The molecule has 1 N–H and O–H groups in total. The van der Waals surface area contributed by atoms with Crippen LogP contribution in [0.1, 0.15) is 25.7 Å². The van der Waals surface area contributed by atoms with Gasteiger partial charge in [0.2, 0.25) is 0 Å². The number of aliphatic carboxylic acids is 1. The Morgan fingerprint density at radius 2 is 1.87 bits per heavy atom. The number of carboxylic acid groups (broad SMARTS) is 1. The lowest BCUT2D eigenvalue weighted by atomic mass is 9.99. The van der Waals surface area contributed by atoms with Gasteiger partial charge in [-0.2, -0.15) is 0 Å². The van der Waals surface area contributed by atoms with E-state index in [1.165, 1.54) is 0 Å². The molecule has 0 amide bonds. The topological polar surface area (TPSA) is 71.4 Å². The molecular formula is C10H16O4S. The summed E-state index contributed by atoms with van der Waals surface area (Å²) in [5.41, 5.74) is 0. The van der Waals surface area contributed by atoms with Gasteiger partial charge >= 0.3 is 5.97 Å². The smallest absolute Gasteiger partial charge is 0.307 e. The Kier molecular flexibility index (Phi) is 4.32. The van der Waals surface area contributed by atoms with Crippen LogP contribution in [0.4, 0.5) is 0 Å². The number of hydrogen-bond donors (Lipinski definition) is 1. The zero-order valence-corrected chi connectivity index (χ0v) is 9.37. The summed E-state index contributed by atoms with van der Waals surface area (Å²) in [4.78, 5) is 10.2. The standard InChI is InChI=1S/C10H16O4S/c11-10(12)4-2-1-3-9-5-7-15(13,14)8-6-9/h1-2,9H,3-8H2,(H,11,12)/b2-1-. The zero-order valence-electron chi connectivity index (χ0n) is 8.55. The van der Waals surface area contributed by atoms with Crippen LogP contribution in [0, 0.1) is 5.92 Å². The molecule has 1 rings (SSSR count). The maximum Gasteiger partial charge on any atom is 0.307 e. The van der Waals surface area contributed by atoms with Crippen molar-refractivity contribution in [2.45, 2.75) is 25.7 Å². The lowest BCUT2D eigenvalue weighted by Gasteiger charge is -2.20. The Bertz CT molecular complexity index is 328. The minimum absolute atomic E-state index is 0.0466. The van der Waals surface area contributed by atoms with Crippen LogP contribution in [0.5, 0.6) is 0 Å². The number of allylic oxidation sites excluding steroid dienone is 1. The largest absolute Gasteiger partial charge is 0.481 e. The summed E-state index contributed by atoms with van der Waals surface area (Å²) in [7, 11) is -2.78. The van der Waals surface area contributed by atoms with Crippen LogP contribution in [0.25, 0.3) is 0 Å². The van der Waals surface area contributed by atoms with Crippen molar-refractivity contribution < 1.29 is 18.3 Å². The molecular weight excluding hydrogens is 216 g/mol. The van der Waals surface area contributed by atoms with Gasteiger partial charge in [0.25, 0.3) is 0 Å². The zero-order chi connectivity index (χ0) is 11.3. The van der Waals surface area contributed by atoms with Gasteiger partial charge in [-0.15, -0.1) is 0 Å². The minimum atomic E-state index is -2.78. The van der Waals surface area contributed by atoms with Crippen molar-refractivity contribution >= 4 is 15.8 Å². The first-order valence-electron chi connectivity index (χ1n) is 5.07. The van der Waals surface area contributed by atoms with E-state index in [0.717, 1.165) is 6.42 Å². The van der Waals surface area contributed by atoms with Gasteiger partial charge in [0.05, 0.1) is 17.9 Å². The summed E-state index contributed by atoms with van der Waals surface area (Å²) in [5, 5.41) is 8.39. The SMILES string of the molecule is O=C(O)C/C=C\CC1CCS(=O)(=O)CC1. The van der Waals surface area contributed by atoms with Crippen LogP contribution in [-0.2, 0) is 14.6 Å². The average molecular weight is 232 g/mol. The van der Waals surface area contributed by atoms with Gasteiger partial charge in [-0.1, -0.05) is 12.2 Å². The predicted octanol–water partition coefficient (Wildman–Crippen LogP) is 1.23. The van der Waals surface area contributed by atoms with Gasteiger partial charge in [-0.05, 0) is 25.2 Å². The highest BCUT2D eigenvalue weighted by atomic mass is 32.2. The third-order valence-corrected chi connectivity index (χ3v) is 4.32. The van der Waals surface area contributed by atoms with E-state index in [1.54, 1.807) is 6.08 Å². The number of rotatable bonds is 4. The van der Waals surface area contributed by atoms with Crippen molar-refractivity contribution in [2.24, 2.45) is 5.92 Å². The first-order valence-corrected chi connectivity index (χ1v) is 6.89. The second-order valence-electron chi connectivity index (χ2n) is 3.90. The fourth-order valence-corrected chi connectivity index (χ4v) is 3.24. The Balaban J connectivity index is 2.24. The second kappa shape index (κ2) is 5.30. The van der Waals surface area contributed by atoms with Crippen LogP contribution in [0.3, 0.4) is 0 Å². The van der Waals surface area contributed by atoms with E-state index in [4.69, 9.17) is 5.11 Å². The molecule has 0 aromatic rings. The molecule has 0 saturated carbocycles. The third-order valence-electron chi connectivity index (χ3n) is 2.60. The first kappa shape index (κ1) is 12.2. The van der Waals surface area contributed by atoms with E-state index < -0.39 is 15.8 Å². The molecule has 0 radical (unpaired) electrons. The Morgan fingerprint density at radius 3 is 2.40 bits per heavy atom. The Hall–Kier alpha value is -0.840. The van der Waals surface area contributed by atoms with Gasteiger partial charge in [0.1, 0.15) is 9.84 Å². The summed E-state index contributed by atoms with van der Waals surface area (Å²) in [6.07, 6.45) is 5.73. The molecule has 0 spiro atoms. The molecule has 0 aromatic carbocycles. The normalized spacial score (nSPS) is 21.9. The number of hydrogen-bond acceptors (Lipinski definition) is 3. The van der Waals surface area contributed by atoms with Crippen molar-refractivity contribution in [3.63, 3.8) is 0 Å². The molecule has 1 aliphatic heterocycles. The van der Waals surface area contributed by atoms with Crippen LogP contribution < -0.4 is 0 Å². The molecule has 0 aromatic heterocycles. The lowest BCUT2D eigenvalue weighted by molar-refractivity contribution is -0.136. The molecule has 1 aliphatic rings. The van der Waals surface area contributed by atoms with E-state index in [-0.39, 0.29) is 17.9 Å². The fraction of sp³-hybridized carbons (Fsp3) is 0.700. The highest BCUT2D eigenvalue weighted by Crippen LogP contribution is 2.22. The molecule has 1 heterocycles. The number of sulfone groups is 1. The molecule has 0 bridgehead atoms. The molecule has 1 saturated heterocycles. The third kappa shape index (κ3) is 4.97. The first-order chi connectivity index (χ1) is 6.99. The van der Waals surface area contributed by atoms with Gasteiger partial charge in [0.15, 0.2) is 0 Å². The van der Waals surface area contributed by atoms with Crippen molar-refractivity contribution in [3.05, 3.63) is 12.2 Å². The van der Waals surface area contributed by atoms with Crippen LogP contribution in [0.15, 0.2) is 12.2 Å². The Morgan fingerprint density at radius 1 is 1.27 bits per heavy atom. The lowest BCUT2D eigenvalue weighted by Crippen LogP contribution is -2.22. The van der Waals surface area contributed by atoms with Gasteiger partial charge in [-0.3, -0.25) is 4.79 Å². The molecule has 1 fully saturated rings. The minimum Gasteiger partial charge on any atom is -0.481 e. The molecule has 0 atom stereocenters. The second-order valence-corrected chi connectivity index (χ2v) is 6.20. The molecule has 5 heteroatoms. The van der Waals surface area contributed by atoms with Crippen molar-refractivity contribution in [2.75, 3.05) is 11.5 Å². The van der Waals surface area contributed by atoms with Crippen molar-refractivity contribution in [3.8, 4) is 0 Å². The quantitative estimate of drug-likeness (QED) is 0.740. The Labute approximate surface area is 89.9 Å². The van der Waals surface area contributed by atoms with Crippen LogP contribution in [0.2, 0.25) is 0 Å². The van der Waals surface area contributed by atoms with Crippen molar-refractivity contribution in [1.29, 1.82) is 0 Å². The summed E-state index contributed by atoms with van der Waals surface area (Å²) < 4.78 is 22.2. The van der Waals surface area contributed by atoms with Gasteiger partial charge < -0.3 is 5.11 Å². The number of carboxylic acids is 1. The van der Waals surface area contributed by atoms with E-state index in [1.807, 2.05) is 6.08 Å². The molecule has 4 nitrogen and oxygen atoms in total. The molecule has 0 aliphatic carbocycles. The maximum atomic E-state index is 11.1. The maximum absolute atomic E-state index is 11.1. The summed E-state index contributed by atoms with van der Waals surface area (Å²) >= 11 is 0. The van der Waals surface area contributed by atoms with E-state index in [0.29, 0.717) is 18.8 Å². The summed E-state index contributed by atoms with van der Waals surface area (Å²) in [6.45, 7) is 0. The van der Waals surface area contributed by atoms with Gasteiger partial charge in [0, 0.05) is 0 Å². The molecule has 0 unspecified atom stereocenters.